The third-order valence-corrected chi connectivity index (χ3v) is 2.52. The van der Waals surface area contributed by atoms with Gasteiger partial charge >= 0.3 is 0 Å². The van der Waals surface area contributed by atoms with Crippen LogP contribution in [0.25, 0.3) is 0 Å². The second kappa shape index (κ2) is 5.68. The monoisotopic (exact) mass is 251 g/mol. The molecule has 0 aliphatic carbocycles. The molecule has 1 N–H and O–H groups in total. The number of nitrogens with one attached hydrogen (secondary N) is 1. The van der Waals surface area contributed by atoms with Crippen molar-refractivity contribution >= 4 is 17.3 Å². The average molecular weight is 252 g/mol. The standard InChI is InChI=1S/C12H14ClN3O/c1-2-3-11-15-12(17-16-11)8-14-10-6-4-9(13)5-7-10/h4-7,14H,2-3,8H2,1H3. The minimum absolute atomic E-state index is 0.526. The molecule has 17 heavy (non-hydrogen) atoms. The molecular weight excluding hydrogens is 238 g/mol. The molecule has 0 unspecified atom stereocenters. The number of anilines is 1. The summed E-state index contributed by atoms with van der Waals surface area (Å²) in [5.41, 5.74) is 0.977. The van der Waals surface area contributed by atoms with Crippen LogP contribution in [-0.2, 0) is 13.0 Å². The quantitative estimate of drug-likeness (QED) is 0.886. The lowest BCUT2D eigenvalue weighted by Gasteiger charge is -2.02. The summed E-state index contributed by atoms with van der Waals surface area (Å²) in [6.07, 6.45) is 1.87. The summed E-state index contributed by atoms with van der Waals surface area (Å²) in [4.78, 5) is 4.27. The van der Waals surface area contributed by atoms with Gasteiger partial charge in [-0.2, -0.15) is 4.98 Å². The van der Waals surface area contributed by atoms with Crippen LogP contribution < -0.4 is 5.32 Å². The van der Waals surface area contributed by atoms with Gasteiger partial charge in [-0.3, -0.25) is 0 Å². The SMILES string of the molecule is CCCc1noc(CNc2ccc(Cl)cc2)n1. The lowest BCUT2D eigenvalue weighted by molar-refractivity contribution is 0.377. The van der Waals surface area contributed by atoms with Gasteiger partial charge in [-0.05, 0) is 30.7 Å². The Morgan fingerprint density at radius 2 is 2.06 bits per heavy atom. The van der Waals surface area contributed by atoms with E-state index >= 15 is 0 Å². The number of nitrogens with zero attached hydrogens (tertiary/aromatic N) is 2. The minimum Gasteiger partial charge on any atom is -0.376 e. The summed E-state index contributed by atoms with van der Waals surface area (Å²) in [6, 6.07) is 7.48. The summed E-state index contributed by atoms with van der Waals surface area (Å²) < 4.78 is 5.11. The van der Waals surface area contributed by atoms with E-state index in [-0.39, 0.29) is 0 Å². The Labute approximate surface area is 105 Å². The molecule has 0 radical (unpaired) electrons. The highest BCUT2D eigenvalue weighted by molar-refractivity contribution is 6.30. The van der Waals surface area contributed by atoms with Crippen LogP contribution in [-0.4, -0.2) is 10.1 Å². The molecule has 0 aliphatic rings. The topological polar surface area (TPSA) is 51.0 Å². The highest BCUT2D eigenvalue weighted by Gasteiger charge is 2.04. The highest BCUT2D eigenvalue weighted by Crippen LogP contribution is 2.14. The van der Waals surface area contributed by atoms with Gasteiger partial charge in [0.25, 0.3) is 0 Å². The van der Waals surface area contributed by atoms with Gasteiger partial charge in [0, 0.05) is 17.1 Å². The van der Waals surface area contributed by atoms with Crippen LogP contribution >= 0.6 is 11.6 Å². The Hall–Kier alpha value is -1.55. The van der Waals surface area contributed by atoms with Crippen molar-refractivity contribution in [3.63, 3.8) is 0 Å². The lowest BCUT2D eigenvalue weighted by atomic mass is 10.3. The predicted molar refractivity (Wildman–Crippen MR) is 67.1 cm³/mol. The van der Waals surface area contributed by atoms with Gasteiger partial charge in [0.15, 0.2) is 5.82 Å². The van der Waals surface area contributed by atoms with E-state index in [1.807, 2.05) is 24.3 Å². The van der Waals surface area contributed by atoms with E-state index in [0.717, 1.165) is 29.4 Å². The number of benzene rings is 1. The highest BCUT2D eigenvalue weighted by atomic mass is 35.5. The maximum absolute atomic E-state index is 5.80. The van der Waals surface area contributed by atoms with Crippen molar-refractivity contribution in [1.82, 2.24) is 10.1 Å². The predicted octanol–water partition coefficient (Wildman–Crippen LogP) is 3.29. The molecule has 2 rings (SSSR count). The maximum Gasteiger partial charge on any atom is 0.245 e. The summed E-state index contributed by atoms with van der Waals surface area (Å²) in [5.74, 6) is 1.36. The van der Waals surface area contributed by atoms with E-state index in [2.05, 4.69) is 22.4 Å². The summed E-state index contributed by atoms with van der Waals surface area (Å²) in [6.45, 7) is 2.61. The molecule has 0 atom stereocenters. The van der Waals surface area contributed by atoms with Crippen molar-refractivity contribution in [3.8, 4) is 0 Å². The third-order valence-electron chi connectivity index (χ3n) is 2.27. The van der Waals surface area contributed by atoms with Crippen molar-refractivity contribution in [2.24, 2.45) is 0 Å². The van der Waals surface area contributed by atoms with Crippen LogP contribution in [0.15, 0.2) is 28.8 Å². The van der Waals surface area contributed by atoms with Gasteiger partial charge in [0.05, 0.1) is 6.54 Å². The zero-order valence-corrected chi connectivity index (χ0v) is 10.4. The zero-order chi connectivity index (χ0) is 12.1. The van der Waals surface area contributed by atoms with Crippen LogP contribution in [0.1, 0.15) is 25.1 Å². The molecule has 0 bridgehead atoms. The zero-order valence-electron chi connectivity index (χ0n) is 9.61. The van der Waals surface area contributed by atoms with E-state index in [1.165, 1.54) is 0 Å². The largest absolute Gasteiger partial charge is 0.376 e. The molecule has 0 aliphatic heterocycles. The second-order valence-electron chi connectivity index (χ2n) is 3.71. The summed E-state index contributed by atoms with van der Waals surface area (Å²) in [5, 5.41) is 7.79. The first-order valence-electron chi connectivity index (χ1n) is 5.59. The maximum atomic E-state index is 5.80. The fourth-order valence-electron chi connectivity index (χ4n) is 1.43. The van der Waals surface area contributed by atoms with E-state index in [9.17, 15) is 0 Å². The van der Waals surface area contributed by atoms with Crippen LogP contribution in [0, 0.1) is 0 Å². The lowest BCUT2D eigenvalue weighted by Crippen LogP contribution is -1.99. The summed E-state index contributed by atoms with van der Waals surface area (Å²) >= 11 is 5.80. The first-order valence-corrected chi connectivity index (χ1v) is 5.96. The van der Waals surface area contributed by atoms with Crippen molar-refractivity contribution in [3.05, 3.63) is 41.0 Å². The number of hydrogen-bond acceptors (Lipinski definition) is 4. The Kier molecular flexibility index (Phi) is 3.98. The minimum atomic E-state index is 0.526. The Balaban J connectivity index is 1.90. The first-order chi connectivity index (χ1) is 8.28. The van der Waals surface area contributed by atoms with Crippen molar-refractivity contribution in [2.75, 3.05) is 5.32 Å². The van der Waals surface area contributed by atoms with Crippen molar-refractivity contribution in [2.45, 2.75) is 26.3 Å². The van der Waals surface area contributed by atoms with Gasteiger partial charge in [0.1, 0.15) is 0 Å². The number of hydrogen-bond donors (Lipinski definition) is 1. The molecule has 5 heteroatoms. The molecule has 1 aromatic heterocycles. The Morgan fingerprint density at radius 3 is 2.76 bits per heavy atom. The fourth-order valence-corrected chi connectivity index (χ4v) is 1.56. The van der Waals surface area contributed by atoms with Gasteiger partial charge in [-0.25, -0.2) is 0 Å². The van der Waals surface area contributed by atoms with Gasteiger partial charge in [-0.15, -0.1) is 0 Å². The van der Waals surface area contributed by atoms with Gasteiger partial charge < -0.3 is 9.84 Å². The van der Waals surface area contributed by atoms with Crippen LogP contribution in [0.5, 0.6) is 0 Å². The number of rotatable bonds is 5. The smallest absolute Gasteiger partial charge is 0.245 e. The van der Waals surface area contributed by atoms with E-state index < -0.39 is 0 Å². The second-order valence-corrected chi connectivity index (χ2v) is 4.15. The fraction of sp³-hybridized carbons (Fsp3) is 0.333. The molecule has 0 saturated heterocycles. The molecule has 1 heterocycles. The first kappa shape index (κ1) is 11.9. The number of halogens is 1. The Bertz CT molecular complexity index is 467. The molecule has 0 spiro atoms. The van der Waals surface area contributed by atoms with Crippen LogP contribution in [0.3, 0.4) is 0 Å². The molecule has 0 amide bonds. The normalized spacial score (nSPS) is 10.5. The van der Waals surface area contributed by atoms with Crippen LogP contribution in [0.2, 0.25) is 5.02 Å². The molecule has 90 valence electrons. The van der Waals surface area contributed by atoms with E-state index in [4.69, 9.17) is 16.1 Å². The molecule has 1 aromatic carbocycles. The number of aryl methyl sites for hydroxylation is 1. The van der Waals surface area contributed by atoms with Gasteiger partial charge in [0.2, 0.25) is 5.89 Å². The van der Waals surface area contributed by atoms with Crippen molar-refractivity contribution < 1.29 is 4.52 Å². The van der Waals surface area contributed by atoms with Crippen molar-refractivity contribution in [1.29, 1.82) is 0 Å². The molecule has 2 aromatic rings. The van der Waals surface area contributed by atoms with E-state index in [1.54, 1.807) is 0 Å². The van der Waals surface area contributed by atoms with E-state index in [0.29, 0.717) is 12.4 Å². The molecular formula is C12H14ClN3O. The average Bonchev–Trinajstić information content (AvgIpc) is 2.77. The van der Waals surface area contributed by atoms with Gasteiger partial charge in [-0.1, -0.05) is 23.7 Å². The third kappa shape index (κ3) is 3.46. The molecule has 0 fully saturated rings. The Morgan fingerprint density at radius 1 is 1.29 bits per heavy atom. The van der Waals surface area contributed by atoms with Crippen LogP contribution in [0.4, 0.5) is 5.69 Å². The molecule has 0 saturated carbocycles. The summed E-state index contributed by atoms with van der Waals surface area (Å²) in [7, 11) is 0. The number of aromatic nitrogens is 2. The molecule has 4 nitrogen and oxygen atoms in total.